The zero-order valence-electron chi connectivity index (χ0n) is 15.1. The van der Waals surface area contributed by atoms with E-state index in [2.05, 4.69) is 10.3 Å². The van der Waals surface area contributed by atoms with Crippen molar-refractivity contribution in [3.8, 4) is 5.75 Å². The number of hydrogen-bond acceptors (Lipinski definition) is 6. The van der Waals surface area contributed by atoms with Gasteiger partial charge < -0.3 is 20.0 Å². The molecule has 3 rings (SSSR count). The molecule has 27 heavy (non-hydrogen) atoms. The van der Waals surface area contributed by atoms with Gasteiger partial charge in [0.05, 0.1) is 29.6 Å². The Bertz CT molecular complexity index is 997. The van der Waals surface area contributed by atoms with Crippen molar-refractivity contribution in [1.29, 1.82) is 0 Å². The third-order valence-corrected chi connectivity index (χ3v) is 5.24. The van der Waals surface area contributed by atoms with E-state index in [9.17, 15) is 14.7 Å². The number of amides is 1. The highest BCUT2D eigenvalue weighted by Crippen LogP contribution is 2.28. The molecule has 0 radical (unpaired) electrons. The minimum atomic E-state index is -1.27. The fourth-order valence-corrected chi connectivity index (χ4v) is 3.79. The van der Waals surface area contributed by atoms with Crippen LogP contribution in [0.15, 0.2) is 36.4 Å². The predicted molar refractivity (Wildman–Crippen MR) is 102 cm³/mol. The molecule has 0 aliphatic heterocycles. The SMILES string of the molecule is CCOc1ccc2ccccc2c1CNC(=O)Cc1nc(C)c(C(=O)[O-])s1. The van der Waals surface area contributed by atoms with Crippen LogP contribution in [0.3, 0.4) is 0 Å². The number of thiazole rings is 1. The monoisotopic (exact) mass is 383 g/mol. The van der Waals surface area contributed by atoms with Gasteiger partial charge in [-0.3, -0.25) is 4.79 Å². The van der Waals surface area contributed by atoms with E-state index in [1.807, 2.05) is 43.3 Å². The largest absolute Gasteiger partial charge is 0.544 e. The summed E-state index contributed by atoms with van der Waals surface area (Å²) in [7, 11) is 0. The van der Waals surface area contributed by atoms with Crippen LogP contribution in [0.2, 0.25) is 0 Å². The molecule has 0 spiro atoms. The van der Waals surface area contributed by atoms with Crippen molar-refractivity contribution in [3.05, 3.63) is 57.5 Å². The number of nitrogens with one attached hydrogen (secondary N) is 1. The fraction of sp³-hybridized carbons (Fsp3) is 0.250. The van der Waals surface area contributed by atoms with Crippen LogP contribution < -0.4 is 15.2 Å². The summed E-state index contributed by atoms with van der Waals surface area (Å²) in [6.45, 7) is 4.35. The standard InChI is InChI=1S/C20H20N2O4S/c1-3-26-16-9-8-13-6-4-5-7-14(13)15(16)11-21-17(23)10-18-22-12(2)19(27-18)20(24)25/h4-9H,3,10-11H2,1-2H3,(H,21,23)(H,24,25)/p-1. The fourth-order valence-electron chi connectivity index (χ4n) is 2.89. The topological polar surface area (TPSA) is 91.3 Å². The van der Waals surface area contributed by atoms with Gasteiger partial charge >= 0.3 is 0 Å². The van der Waals surface area contributed by atoms with Crippen molar-refractivity contribution < 1.29 is 19.4 Å². The van der Waals surface area contributed by atoms with E-state index >= 15 is 0 Å². The van der Waals surface area contributed by atoms with E-state index in [0.717, 1.165) is 33.4 Å². The minimum Gasteiger partial charge on any atom is -0.544 e. The number of carboxylic acid groups (broad SMARTS) is 1. The Kier molecular flexibility index (Phi) is 5.71. The molecule has 140 valence electrons. The molecule has 7 heteroatoms. The van der Waals surface area contributed by atoms with Crippen LogP contribution in [0.25, 0.3) is 10.8 Å². The number of aromatic nitrogens is 1. The van der Waals surface area contributed by atoms with Crippen LogP contribution in [0.4, 0.5) is 0 Å². The third kappa shape index (κ3) is 4.25. The Morgan fingerprint density at radius 3 is 2.70 bits per heavy atom. The number of ether oxygens (including phenoxy) is 1. The van der Waals surface area contributed by atoms with Crippen molar-refractivity contribution in [2.75, 3.05) is 6.61 Å². The van der Waals surface area contributed by atoms with Gasteiger partial charge in [0.25, 0.3) is 0 Å². The molecule has 0 saturated heterocycles. The summed E-state index contributed by atoms with van der Waals surface area (Å²) in [6, 6.07) is 11.8. The maximum atomic E-state index is 12.3. The molecule has 2 aromatic carbocycles. The predicted octanol–water partition coefficient (Wildman–Crippen LogP) is 2.23. The van der Waals surface area contributed by atoms with Crippen LogP contribution in [-0.4, -0.2) is 23.5 Å². The van der Waals surface area contributed by atoms with Gasteiger partial charge in [0.15, 0.2) is 0 Å². The van der Waals surface area contributed by atoms with Crippen LogP contribution in [0, 0.1) is 6.92 Å². The molecule has 1 aromatic heterocycles. The molecule has 0 bridgehead atoms. The Morgan fingerprint density at radius 1 is 1.22 bits per heavy atom. The average Bonchev–Trinajstić information content (AvgIpc) is 3.01. The van der Waals surface area contributed by atoms with Crippen molar-refractivity contribution in [3.63, 3.8) is 0 Å². The molecule has 1 heterocycles. The van der Waals surface area contributed by atoms with Crippen molar-refractivity contribution in [1.82, 2.24) is 10.3 Å². The second-order valence-electron chi connectivity index (χ2n) is 5.96. The average molecular weight is 383 g/mol. The second-order valence-corrected chi connectivity index (χ2v) is 7.04. The number of carboxylic acids is 1. The van der Waals surface area contributed by atoms with Crippen LogP contribution in [-0.2, 0) is 17.8 Å². The molecule has 0 unspecified atom stereocenters. The van der Waals surface area contributed by atoms with Crippen molar-refractivity contribution in [2.45, 2.75) is 26.8 Å². The molecule has 1 N–H and O–H groups in total. The quantitative estimate of drug-likeness (QED) is 0.675. The number of hydrogen-bond donors (Lipinski definition) is 1. The van der Waals surface area contributed by atoms with Crippen LogP contribution >= 0.6 is 11.3 Å². The van der Waals surface area contributed by atoms with E-state index in [-0.39, 0.29) is 17.2 Å². The number of fused-ring (bicyclic) bond motifs is 1. The van der Waals surface area contributed by atoms with Crippen LogP contribution in [0.5, 0.6) is 5.75 Å². The van der Waals surface area contributed by atoms with Gasteiger partial charge in [-0.05, 0) is 30.7 Å². The number of carbonyl (C=O) groups excluding carboxylic acids is 2. The molecule has 0 aliphatic carbocycles. The number of benzene rings is 2. The van der Waals surface area contributed by atoms with E-state index in [4.69, 9.17) is 4.74 Å². The van der Waals surface area contributed by atoms with Gasteiger partial charge in [0, 0.05) is 12.1 Å². The summed E-state index contributed by atoms with van der Waals surface area (Å²) in [5.74, 6) is -0.765. The normalized spacial score (nSPS) is 10.7. The number of aryl methyl sites for hydroxylation is 1. The molecule has 0 saturated carbocycles. The van der Waals surface area contributed by atoms with E-state index in [1.54, 1.807) is 6.92 Å². The van der Waals surface area contributed by atoms with Gasteiger partial charge in [-0.1, -0.05) is 30.3 Å². The lowest BCUT2D eigenvalue weighted by Gasteiger charge is -2.14. The Hall–Kier alpha value is -2.93. The highest BCUT2D eigenvalue weighted by atomic mass is 32.1. The van der Waals surface area contributed by atoms with Gasteiger partial charge in [-0.2, -0.15) is 0 Å². The molecular formula is C20H19N2O4S-. The summed E-state index contributed by atoms with van der Waals surface area (Å²) < 4.78 is 5.71. The summed E-state index contributed by atoms with van der Waals surface area (Å²) in [5.41, 5.74) is 1.28. The van der Waals surface area contributed by atoms with E-state index in [0.29, 0.717) is 23.9 Å². The lowest BCUT2D eigenvalue weighted by Crippen LogP contribution is -2.25. The highest BCUT2D eigenvalue weighted by molar-refractivity contribution is 7.13. The molecular weight excluding hydrogens is 364 g/mol. The summed E-state index contributed by atoms with van der Waals surface area (Å²) >= 11 is 0.973. The molecule has 3 aromatic rings. The van der Waals surface area contributed by atoms with E-state index < -0.39 is 5.97 Å². The minimum absolute atomic E-state index is 0.0214. The third-order valence-electron chi connectivity index (χ3n) is 4.10. The number of nitrogens with zero attached hydrogens (tertiary/aromatic N) is 1. The van der Waals surface area contributed by atoms with Crippen molar-refractivity contribution >= 4 is 34.0 Å². The summed E-state index contributed by atoms with van der Waals surface area (Å²) in [4.78, 5) is 27.5. The van der Waals surface area contributed by atoms with Gasteiger partial charge in [0.2, 0.25) is 5.91 Å². The first kappa shape index (κ1) is 18.8. The maximum absolute atomic E-state index is 12.3. The molecule has 6 nitrogen and oxygen atoms in total. The van der Waals surface area contributed by atoms with Gasteiger partial charge in [-0.25, -0.2) is 4.98 Å². The summed E-state index contributed by atoms with van der Waals surface area (Å²) in [6.07, 6.45) is 0.0214. The summed E-state index contributed by atoms with van der Waals surface area (Å²) in [5, 5.41) is 16.4. The first-order chi connectivity index (χ1) is 13.0. The Balaban J connectivity index is 1.76. The molecule has 0 atom stereocenters. The first-order valence-electron chi connectivity index (χ1n) is 8.57. The molecule has 1 amide bonds. The van der Waals surface area contributed by atoms with Crippen molar-refractivity contribution in [2.24, 2.45) is 0 Å². The number of aromatic carboxylic acids is 1. The van der Waals surface area contributed by atoms with Crippen LogP contribution in [0.1, 0.15) is 32.9 Å². The Morgan fingerprint density at radius 2 is 2.00 bits per heavy atom. The zero-order valence-corrected chi connectivity index (χ0v) is 15.9. The number of carbonyl (C=O) groups is 2. The van der Waals surface area contributed by atoms with Gasteiger partial charge in [0.1, 0.15) is 10.8 Å². The molecule has 0 aliphatic rings. The number of rotatable bonds is 7. The lowest BCUT2D eigenvalue weighted by molar-refractivity contribution is -0.254. The molecule has 0 fully saturated rings. The smallest absolute Gasteiger partial charge is 0.227 e. The zero-order chi connectivity index (χ0) is 19.4. The van der Waals surface area contributed by atoms with E-state index in [1.165, 1.54) is 0 Å². The lowest BCUT2D eigenvalue weighted by atomic mass is 10.0. The Labute approximate surface area is 160 Å². The second kappa shape index (κ2) is 8.18. The highest BCUT2D eigenvalue weighted by Gasteiger charge is 2.14. The first-order valence-corrected chi connectivity index (χ1v) is 9.39. The van der Waals surface area contributed by atoms with Gasteiger partial charge in [-0.15, -0.1) is 11.3 Å². The maximum Gasteiger partial charge on any atom is 0.227 e.